The van der Waals surface area contributed by atoms with E-state index in [4.69, 9.17) is 9.47 Å². The molecule has 9 nitrogen and oxygen atoms in total. The minimum absolute atomic E-state index is 0.00715. The molecule has 9 heteroatoms. The van der Waals surface area contributed by atoms with Gasteiger partial charge in [-0.1, -0.05) is 12.1 Å². The van der Waals surface area contributed by atoms with Gasteiger partial charge in [0.25, 0.3) is 5.91 Å². The van der Waals surface area contributed by atoms with Crippen molar-refractivity contribution in [2.24, 2.45) is 0 Å². The Balaban J connectivity index is 1.17. The van der Waals surface area contributed by atoms with Gasteiger partial charge in [0.05, 0.1) is 19.3 Å². The standard InChI is InChI=1S/C22H28N4O5/c27-19-4-3-18(20(28)25-19)26-10-15-2-1-14(7-17(15)21(26)29)8-24-9-16-11-30-13-22(31-16)5-6-23-12-22/h1-2,7,16,18,23-24H,3-6,8-13H2,(H,25,27,28). The van der Waals surface area contributed by atoms with Crippen LogP contribution in [0, 0.1) is 0 Å². The van der Waals surface area contributed by atoms with E-state index in [0.717, 1.165) is 30.6 Å². The fourth-order valence-electron chi connectivity index (χ4n) is 4.93. The molecule has 1 aromatic carbocycles. The molecule has 4 aliphatic rings. The molecule has 3 atom stereocenters. The van der Waals surface area contributed by atoms with Gasteiger partial charge in [-0.2, -0.15) is 0 Å². The zero-order valence-corrected chi connectivity index (χ0v) is 17.4. The molecule has 3 N–H and O–H groups in total. The maximum Gasteiger partial charge on any atom is 0.255 e. The first-order chi connectivity index (χ1) is 15.0. The van der Waals surface area contributed by atoms with Crippen LogP contribution in [0.25, 0.3) is 0 Å². The van der Waals surface area contributed by atoms with E-state index in [-0.39, 0.29) is 35.8 Å². The number of hydrogen-bond donors (Lipinski definition) is 3. The fourth-order valence-corrected chi connectivity index (χ4v) is 4.93. The number of ether oxygens (including phenoxy) is 2. The molecule has 1 spiro atoms. The lowest BCUT2D eigenvalue weighted by Crippen LogP contribution is -2.52. The van der Waals surface area contributed by atoms with E-state index < -0.39 is 6.04 Å². The average Bonchev–Trinajstić information content (AvgIpc) is 3.33. The van der Waals surface area contributed by atoms with Crippen LogP contribution in [0.3, 0.4) is 0 Å². The quantitative estimate of drug-likeness (QED) is 0.552. The highest BCUT2D eigenvalue weighted by atomic mass is 16.6. The summed E-state index contributed by atoms with van der Waals surface area (Å²) in [6.45, 7) is 4.71. The lowest BCUT2D eigenvalue weighted by Gasteiger charge is -2.38. The molecule has 166 valence electrons. The summed E-state index contributed by atoms with van der Waals surface area (Å²) in [6, 6.07) is 5.28. The first kappa shape index (κ1) is 20.6. The number of imide groups is 1. The van der Waals surface area contributed by atoms with E-state index in [2.05, 4.69) is 16.0 Å². The molecule has 3 saturated heterocycles. The number of nitrogens with zero attached hydrogens (tertiary/aromatic N) is 1. The van der Waals surface area contributed by atoms with Gasteiger partial charge in [-0.25, -0.2) is 0 Å². The van der Waals surface area contributed by atoms with Gasteiger partial charge < -0.3 is 25.0 Å². The largest absolute Gasteiger partial charge is 0.376 e. The molecule has 0 radical (unpaired) electrons. The first-order valence-electron chi connectivity index (χ1n) is 11.0. The second-order valence-corrected chi connectivity index (χ2v) is 8.89. The molecular weight excluding hydrogens is 400 g/mol. The fraction of sp³-hybridized carbons (Fsp3) is 0.591. The van der Waals surface area contributed by atoms with Gasteiger partial charge in [0.1, 0.15) is 11.6 Å². The number of nitrogens with one attached hydrogen (secondary N) is 3. The monoisotopic (exact) mass is 428 g/mol. The smallest absolute Gasteiger partial charge is 0.255 e. The maximum atomic E-state index is 12.9. The van der Waals surface area contributed by atoms with Gasteiger partial charge in [-0.15, -0.1) is 0 Å². The van der Waals surface area contributed by atoms with E-state index in [9.17, 15) is 14.4 Å². The minimum Gasteiger partial charge on any atom is -0.376 e. The van der Waals surface area contributed by atoms with Crippen LogP contribution in [0.15, 0.2) is 18.2 Å². The highest BCUT2D eigenvalue weighted by molar-refractivity contribution is 6.05. The topological polar surface area (TPSA) is 109 Å². The third kappa shape index (κ3) is 4.10. The Morgan fingerprint density at radius 2 is 2.16 bits per heavy atom. The number of hydrogen-bond acceptors (Lipinski definition) is 7. The lowest BCUT2D eigenvalue weighted by atomic mass is 10.0. The van der Waals surface area contributed by atoms with Crippen molar-refractivity contribution in [3.05, 3.63) is 34.9 Å². The van der Waals surface area contributed by atoms with Crippen LogP contribution in [0.5, 0.6) is 0 Å². The van der Waals surface area contributed by atoms with Gasteiger partial charge in [0.2, 0.25) is 11.8 Å². The second kappa shape index (κ2) is 8.31. The third-order valence-corrected chi connectivity index (χ3v) is 6.58. The molecular formula is C22H28N4O5. The molecule has 4 aliphatic heterocycles. The summed E-state index contributed by atoms with van der Waals surface area (Å²) in [5, 5.41) is 9.10. The van der Waals surface area contributed by atoms with Crippen molar-refractivity contribution in [2.75, 3.05) is 32.8 Å². The van der Waals surface area contributed by atoms with E-state index >= 15 is 0 Å². The van der Waals surface area contributed by atoms with E-state index in [0.29, 0.717) is 44.8 Å². The van der Waals surface area contributed by atoms with E-state index in [1.165, 1.54) is 0 Å². The molecule has 3 fully saturated rings. The summed E-state index contributed by atoms with van der Waals surface area (Å²) in [6.07, 6.45) is 1.61. The summed E-state index contributed by atoms with van der Waals surface area (Å²) >= 11 is 0. The Hall–Kier alpha value is -2.33. The number of rotatable bonds is 5. The summed E-state index contributed by atoms with van der Waals surface area (Å²) in [5.41, 5.74) is 2.37. The highest BCUT2D eigenvalue weighted by Gasteiger charge is 2.41. The molecule has 0 aliphatic carbocycles. The predicted octanol–water partition coefficient (Wildman–Crippen LogP) is -0.315. The number of fused-ring (bicyclic) bond motifs is 1. The lowest BCUT2D eigenvalue weighted by molar-refractivity contribution is -0.187. The van der Waals surface area contributed by atoms with Crippen molar-refractivity contribution in [1.82, 2.24) is 20.9 Å². The van der Waals surface area contributed by atoms with Crippen LogP contribution in [0.2, 0.25) is 0 Å². The van der Waals surface area contributed by atoms with E-state index in [1.54, 1.807) is 4.90 Å². The number of amides is 3. The normalized spacial score (nSPS) is 30.7. The van der Waals surface area contributed by atoms with Crippen LogP contribution in [0.1, 0.15) is 40.7 Å². The molecule has 3 unspecified atom stereocenters. The average molecular weight is 428 g/mol. The van der Waals surface area contributed by atoms with Crippen molar-refractivity contribution in [1.29, 1.82) is 0 Å². The molecule has 0 bridgehead atoms. The van der Waals surface area contributed by atoms with Crippen molar-refractivity contribution < 1.29 is 23.9 Å². The molecule has 31 heavy (non-hydrogen) atoms. The van der Waals surface area contributed by atoms with Crippen molar-refractivity contribution >= 4 is 17.7 Å². The summed E-state index contributed by atoms with van der Waals surface area (Å²) < 4.78 is 12.1. The predicted molar refractivity (Wildman–Crippen MR) is 110 cm³/mol. The zero-order valence-electron chi connectivity index (χ0n) is 17.4. The second-order valence-electron chi connectivity index (χ2n) is 8.89. The van der Waals surface area contributed by atoms with Crippen LogP contribution in [0.4, 0.5) is 0 Å². The van der Waals surface area contributed by atoms with Crippen LogP contribution >= 0.6 is 0 Å². The van der Waals surface area contributed by atoms with Crippen molar-refractivity contribution in [3.63, 3.8) is 0 Å². The Morgan fingerprint density at radius 1 is 1.26 bits per heavy atom. The summed E-state index contributed by atoms with van der Waals surface area (Å²) in [7, 11) is 0. The van der Waals surface area contributed by atoms with Crippen LogP contribution < -0.4 is 16.0 Å². The Labute approximate surface area is 180 Å². The Bertz CT molecular complexity index is 898. The highest BCUT2D eigenvalue weighted by Crippen LogP contribution is 2.29. The van der Waals surface area contributed by atoms with E-state index in [1.807, 2.05) is 18.2 Å². The number of piperidine rings is 1. The van der Waals surface area contributed by atoms with Gasteiger partial charge in [0, 0.05) is 38.2 Å². The molecule has 0 saturated carbocycles. The minimum atomic E-state index is -0.583. The molecule has 4 heterocycles. The molecule has 5 rings (SSSR count). The SMILES string of the molecule is O=C1CCC(N2Cc3ccc(CNCC4COCC5(CCNC5)O4)cc3C2=O)C(=O)N1. The molecule has 0 aromatic heterocycles. The third-order valence-electron chi connectivity index (χ3n) is 6.58. The van der Waals surface area contributed by atoms with Crippen molar-refractivity contribution in [3.8, 4) is 0 Å². The molecule has 1 aromatic rings. The number of carbonyl (C=O) groups excluding carboxylic acids is 3. The maximum absolute atomic E-state index is 12.9. The summed E-state index contributed by atoms with van der Waals surface area (Å²) in [4.78, 5) is 38.1. The Morgan fingerprint density at radius 3 is 2.97 bits per heavy atom. The Kier molecular flexibility index (Phi) is 5.51. The summed E-state index contributed by atoms with van der Waals surface area (Å²) in [5.74, 6) is -0.809. The molecule has 3 amide bonds. The van der Waals surface area contributed by atoms with Crippen molar-refractivity contribution in [2.45, 2.75) is 50.1 Å². The number of benzene rings is 1. The van der Waals surface area contributed by atoms with Gasteiger partial charge in [-0.05, 0) is 36.6 Å². The first-order valence-corrected chi connectivity index (χ1v) is 11.0. The zero-order chi connectivity index (χ0) is 21.4. The number of carbonyl (C=O) groups is 3. The van der Waals surface area contributed by atoms with Crippen LogP contribution in [-0.2, 0) is 32.2 Å². The van der Waals surface area contributed by atoms with Gasteiger partial charge in [0.15, 0.2) is 0 Å². The van der Waals surface area contributed by atoms with Gasteiger partial charge in [-0.3, -0.25) is 19.7 Å². The van der Waals surface area contributed by atoms with Crippen LogP contribution in [-0.4, -0.2) is 73.2 Å². The van der Waals surface area contributed by atoms with Gasteiger partial charge >= 0.3 is 0 Å².